The van der Waals surface area contributed by atoms with Crippen LogP contribution in [-0.2, 0) is 20.7 Å². The van der Waals surface area contributed by atoms with Crippen LogP contribution in [0.2, 0.25) is 0 Å². The van der Waals surface area contributed by atoms with Crippen molar-refractivity contribution in [2.75, 3.05) is 43.1 Å². The van der Waals surface area contributed by atoms with Gasteiger partial charge in [-0.25, -0.2) is 0 Å². The number of carbonyl (C=O) groups excluding carboxylic acids is 3. The summed E-state index contributed by atoms with van der Waals surface area (Å²) in [5.74, 6) is -0.881. The van der Waals surface area contributed by atoms with E-state index in [2.05, 4.69) is 33.8 Å². The van der Waals surface area contributed by atoms with Crippen LogP contribution >= 0.6 is 11.8 Å². The van der Waals surface area contributed by atoms with Crippen LogP contribution in [-0.4, -0.2) is 59.4 Å². The number of nitrogens with one attached hydrogen (secondary N) is 1. The lowest BCUT2D eigenvalue weighted by Crippen LogP contribution is -2.36. The van der Waals surface area contributed by atoms with E-state index in [9.17, 15) is 14.4 Å². The number of carbonyl (C=O) groups is 3. The summed E-state index contributed by atoms with van der Waals surface area (Å²) in [6, 6.07) is 17.8. The highest BCUT2D eigenvalue weighted by Crippen LogP contribution is 2.34. The lowest BCUT2D eigenvalue weighted by atomic mass is 10.1. The molecule has 0 radical (unpaired) electrons. The van der Waals surface area contributed by atoms with Gasteiger partial charge >= 0.3 is 0 Å². The molecule has 0 bridgehead atoms. The molecule has 3 aromatic rings. The Balaban J connectivity index is 1.27. The fourth-order valence-corrected chi connectivity index (χ4v) is 5.86. The van der Waals surface area contributed by atoms with E-state index in [4.69, 9.17) is 4.74 Å². The summed E-state index contributed by atoms with van der Waals surface area (Å²) in [5, 5.41) is 2.34. The van der Waals surface area contributed by atoms with Crippen LogP contribution in [0, 0.1) is 13.8 Å². The van der Waals surface area contributed by atoms with Gasteiger partial charge in [0.15, 0.2) is 0 Å². The van der Waals surface area contributed by atoms with Crippen molar-refractivity contribution in [1.29, 1.82) is 0 Å². The van der Waals surface area contributed by atoms with Crippen LogP contribution in [0.15, 0.2) is 59.5 Å². The van der Waals surface area contributed by atoms with Crippen molar-refractivity contribution in [2.45, 2.75) is 27.2 Å². The molecule has 1 N–H and O–H groups in total. The second kappa shape index (κ2) is 11.5. The first-order valence-corrected chi connectivity index (χ1v) is 13.9. The molecule has 0 spiro atoms. The van der Waals surface area contributed by atoms with Gasteiger partial charge < -0.3 is 19.5 Å². The number of imide groups is 1. The zero-order chi connectivity index (χ0) is 27.5. The first-order valence-electron chi connectivity index (χ1n) is 13.1. The molecule has 2 saturated heterocycles. The zero-order valence-corrected chi connectivity index (χ0v) is 23.2. The third-order valence-corrected chi connectivity index (χ3v) is 7.98. The summed E-state index contributed by atoms with van der Waals surface area (Å²) >= 11 is 0.864. The second-order valence-electron chi connectivity index (χ2n) is 9.61. The first kappa shape index (κ1) is 26.8. The van der Waals surface area contributed by atoms with Gasteiger partial charge in [0, 0.05) is 41.5 Å². The van der Waals surface area contributed by atoms with Crippen molar-refractivity contribution in [3.63, 3.8) is 0 Å². The number of amides is 3. The Hall–Kier alpha value is -3.82. The molecule has 3 amide bonds. The van der Waals surface area contributed by atoms with Gasteiger partial charge in [-0.15, -0.1) is 0 Å². The van der Waals surface area contributed by atoms with Crippen molar-refractivity contribution in [1.82, 2.24) is 9.47 Å². The number of hydrogen-bond donors (Lipinski definition) is 1. The van der Waals surface area contributed by atoms with Crippen LogP contribution in [0.5, 0.6) is 0 Å². The molecule has 39 heavy (non-hydrogen) atoms. The summed E-state index contributed by atoms with van der Waals surface area (Å²) in [7, 11) is 0. The summed E-state index contributed by atoms with van der Waals surface area (Å²) in [5.41, 5.74) is 6.90. The largest absolute Gasteiger partial charge is 0.378 e. The van der Waals surface area contributed by atoms with Crippen molar-refractivity contribution in [3.05, 3.63) is 82.0 Å². The van der Waals surface area contributed by atoms with Crippen LogP contribution in [0.25, 0.3) is 11.8 Å². The van der Waals surface area contributed by atoms with Gasteiger partial charge in [0.1, 0.15) is 6.54 Å². The van der Waals surface area contributed by atoms with Gasteiger partial charge in [-0.1, -0.05) is 25.1 Å². The lowest BCUT2D eigenvalue weighted by molar-refractivity contribution is -0.127. The average molecular weight is 545 g/mol. The quantitative estimate of drug-likeness (QED) is 0.414. The number of ether oxygens (including phenoxy) is 1. The third kappa shape index (κ3) is 5.65. The molecule has 2 aromatic carbocycles. The Morgan fingerprint density at radius 1 is 1.05 bits per heavy atom. The lowest BCUT2D eigenvalue weighted by Gasteiger charge is -2.28. The number of para-hydroxylation sites is 1. The topological polar surface area (TPSA) is 83.9 Å². The van der Waals surface area contributed by atoms with Gasteiger partial charge in [0.05, 0.1) is 18.1 Å². The molecule has 0 atom stereocenters. The number of aryl methyl sites for hydroxylation is 2. The molecule has 0 aliphatic carbocycles. The van der Waals surface area contributed by atoms with E-state index in [1.54, 1.807) is 6.08 Å². The van der Waals surface area contributed by atoms with E-state index in [-0.39, 0.29) is 6.54 Å². The summed E-state index contributed by atoms with van der Waals surface area (Å²) in [6.07, 6.45) is 2.65. The van der Waals surface area contributed by atoms with E-state index >= 15 is 0 Å². The maximum Gasteiger partial charge on any atom is 0.294 e. The number of anilines is 2. The number of benzene rings is 2. The molecular formula is C30H32N4O4S. The van der Waals surface area contributed by atoms with Gasteiger partial charge in [-0.3, -0.25) is 19.3 Å². The average Bonchev–Trinajstić information content (AvgIpc) is 3.37. The zero-order valence-electron chi connectivity index (χ0n) is 22.4. The molecule has 2 aliphatic rings. The maximum absolute atomic E-state index is 13.1. The van der Waals surface area contributed by atoms with Crippen LogP contribution in [0.1, 0.15) is 29.4 Å². The van der Waals surface area contributed by atoms with Crippen molar-refractivity contribution < 1.29 is 19.1 Å². The number of thioether (sulfide) groups is 1. The fourth-order valence-electron chi connectivity index (χ4n) is 5.03. The predicted molar refractivity (Wildman–Crippen MR) is 155 cm³/mol. The minimum absolute atomic E-state index is 0.312. The summed E-state index contributed by atoms with van der Waals surface area (Å²) in [6.45, 7) is 8.87. The summed E-state index contributed by atoms with van der Waals surface area (Å²) < 4.78 is 7.57. The Morgan fingerprint density at radius 3 is 2.49 bits per heavy atom. The molecule has 0 saturated carbocycles. The van der Waals surface area contributed by atoms with E-state index in [0.29, 0.717) is 23.8 Å². The molecule has 5 rings (SSSR count). The van der Waals surface area contributed by atoms with E-state index in [0.717, 1.165) is 64.5 Å². The van der Waals surface area contributed by atoms with Gasteiger partial charge in [0.25, 0.3) is 11.1 Å². The van der Waals surface area contributed by atoms with Crippen molar-refractivity contribution in [2.24, 2.45) is 0 Å². The van der Waals surface area contributed by atoms with Crippen LogP contribution < -0.4 is 10.2 Å². The highest BCUT2D eigenvalue weighted by atomic mass is 32.2. The smallest absolute Gasteiger partial charge is 0.294 e. The second-order valence-corrected chi connectivity index (χ2v) is 10.6. The van der Waals surface area contributed by atoms with Gasteiger partial charge in [0.2, 0.25) is 5.91 Å². The van der Waals surface area contributed by atoms with E-state index in [1.165, 1.54) is 5.56 Å². The van der Waals surface area contributed by atoms with Crippen LogP contribution in [0.3, 0.4) is 0 Å². The molecule has 202 valence electrons. The Labute approximate surface area is 232 Å². The molecule has 2 fully saturated rings. The highest BCUT2D eigenvalue weighted by molar-refractivity contribution is 8.18. The molecule has 2 aliphatic heterocycles. The first-order chi connectivity index (χ1) is 18.9. The molecule has 1 aromatic heterocycles. The minimum atomic E-state index is -0.457. The van der Waals surface area contributed by atoms with Crippen molar-refractivity contribution >= 4 is 46.3 Å². The maximum atomic E-state index is 13.1. The summed E-state index contributed by atoms with van der Waals surface area (Å²) in [4.78, 5) is 42.0. The predicted octanol–water partition coefficient (Wildman–Crippen LogP) is 5.17. The Kier molecular flexibility index (Phi) is 7.90. The molecule has 8 nitrogen and oxygen atoms in total. The molecular weight excluding hydrogens is 512 g/mol. The number of nitrogens with zero attached hydrogens (tertiary/aromatic N) is 3. The Morgan fingerprint density at radius 2 is 1.77 bits per heavy atom. The van der Waals surface area contributed by atoms with Gasteiger partial charge in [-0.2, -0.15) is 0 Å². The Bertz CT molecular complexity index is 1440. The molecule has 3 heterocycles. The number of morpholine rings is 1. The normalized spacial score (nSPS) is 16.8. The highest BCUT2D eigenvalue weighted by Gasteiger charge is 2.36. The number of hydrogen-bond acceptors (Lipinski definition) is 6. The van der Waals surface area contributed by atoms with E-state index in [1.807, 2.05) is 56.3 Å². The molecule has 9 heteroatoms. The number of aromatic nitrogens is 1. The minimum Gasteiger partial charge on any atom is -0.378 e. The monoisotopic (exact) mass is 544 g/mol. The van der Waals surface area contributed by atoms with Crippen LogP contribution in [0.4, 0.5) is 16.2 Å². The number of rotatable bonds is 7. The third-order valence-electron chi connectivity index (χ3n) is 7.07. The van der Waals surface area contributed by atoms with Crippen molar-refractivity contribution in [3.8, 4) is 5.69 Å². The fraction of sp³-hybridized carbons (Fsp3) is 0.300. The SMILES string of the molecule is CCc1ccccc1-n1c(C)cc(/C=C2\SC(=O)N(CC(=O)Nc3ccc(N4CCOCC4)cc3)C2=O)c1C. The van der Waals surface area contributed by atoms with Gasteiger partial charge in [-0.05, 0) is 85.6 Å². The molecule has 0 unspecified atom stereocenters. The standard InChI is InChI=1S/C30H32N4O4S/c1-4-22-7-5-6-8-26(22)34-20(2)17-23(21(34)3)18-27-29(36)33(30(37)39-27)19-28(35)31-24-9-11-25(12-10-24)32-13-15-38-16-14-32/h5-12,17-18H,4,13-16,19H2,1-3H3,(H,31,35)/b27-18-. The van der Waals surface area contributed by atoms with E-state index < -0.39 is 17.1 Å².